The van der Waals surface area contributed by atoms with Gasteiger partial charge in [0.05, 0.1) is 0 Å². The lowest BCUT2D eigenvalue weighted by molar-refractivity contribution is 0.252. The molecular formula is C14H21F2NS. The Morgan fingerprint density at radius 3 is 2.39 bits per heavy atom. The number of alkyl halides is 2. The van der Waals surface area contributed by atoms with E-state index in [4.69, 9.17) is 0 Å². The Morgan fingerprint density at radius 2 is 1.78 bits per heavy atom. The molecule has 0 radical (unpaired) electrons. The number of benzene rings is 1. The second-order valence-electron chi connectivity index (χ2n) is 4.89. The molecule has 0 aliphatic heterocycles. The lowest BCUT2D eigenvalue weighted by Crippen LogP contribution is -2.16. The van der Waals surface area contributed by atoms with E-state index in [0.717, 1.165) is 18.5 Å². The molecule has 1 N–H and O–H groups in total. The summed E-state index contributed by atoms with van der Waals surface area (Å²) in [6, 6.07) is 7.54. The molecule has 0 aliphatic rings. The van der Waals surface area contributed by atoms with E-state index in [9.17, 15) is 8.78 Å². The van der Waals surface area contributed by atoms with Crippen molar-refractivity contribution >= 4 is 17.4 Å². The van der Waals surface area contributed by atoms with Crippen molar-refractivity contribution < 1.29 is 8.78 Å². The first kappa shape index (κ1) is 15.3. The van der Waals surface area contributed by atoms with Crippen molar-refractivity contribution in [2.24, 2.45) is 5.92 Å². The zero-order chi connectivity index (χ0) is 13.5. The monoisotopic (exact) mass is 273 g/mol. The molecule has 1 aromatic carbocycles. The highest BCUT2D eigenvalue weighted by Gasteiger charge is 2.11. The molecule has 1 atom stereocenters. The predicted octanol–water partition coefficient (Wildman–Crippen LogP) is 5.24. The fourth-order valence-corrected chi connectivity index (χ4v) is 2.31. The van der Waals surface area contributed by atoms with Crippen molar-refractivity contribution in [1.29, 1.82) is 0 Å². The van der Waals surface area contributed by atoms with Gasteiger partial charge in [-0.2, -0.15) is 8.78 Å². The molecule has 0 aliphatic carbocycles. The van der Waals surface area contributed by atoms with E-state index in [-0.39, 0.29) is 0 Å². The zero-order valence-electron chi connectivity index (χ0n) is 11.1. The summed E-state index contributed by atoms with van der Waals surface area (Å²) in [6.45, 7) is 6.47. The molecule has 1 nitrogen and oxygen atoms in total. The fraction of sp³-hybridized carbons (Fsp3) is 0.571. The molecule has 0 amide bonds. The van der Waals surface area contributed by atoms with Gasteiger partial charge in [0.25, 0.3) is 5.76 Å². The first-order valence-electron chi connectivity index (χ1n) is 6.29. The number of nitrogens with one attached hydrogen (secondary N) is 1. The van der Waals surface area contributed by atoms with Crippen molar-refractivity contribution in [3.63, 3.8) is 0 Å². The van der Waals surface area contributed by atoms with Crippen LogP contribution in [0.25, 0.3) is 0 Å². The second-order valence-corrected chi connectivity index (χ2v) is 5.92. The van der Waals surface area contributed by atoms with E-state index < -0.39 is 5.76 Å². The minimum absolute atomic E-state index is 0.298. The van der Waals surface area contributed by atoms with E-state index in [2.05, 4.69) is 26.1 Å². The Bertz CT molecular complexity index is 355. The van der Waals surface area contributed by atoms with Crippen molar-refractivity contribution in [2.75, 3.05) is 5.32 Å². The van der Waals surface area contributed by atoms with Crippen LogP contribution in [0.4, 0.5) is 14.5 Å². The average molecular weight is 273 g/mol. The van der Waals surface area contributed by atoms with Crippen LogP contribution in [0.2, 0.25) is 0 Å². The Morgan fingerprint density at radius 1 is 1.11 bits per heavy atom. The molecule has 1 aromatic rings. The molecule has 1 unspecified atom stereocenters. The molecule has 4 heteroatoms. The third kappa shape index (κ3) is 5.71. The number of halogens is 2. The Kier molecular flexibility index (Phi) is 6.47. The van der Waals surface area contributed by atoms with Gasteiger partial charge in [-0.25, -0.2) is 0 Å². The van der Waals surface area contributed by atoms with Crippen molar-refractivity contribution in [3.8, 4) is 0 Å². The summed E-state index contributed by atoms with van der Waals surface area (Å²) in [7, 11) is 0. The molecule has 0 spiro atoms. The van der Waals surface area contributed by atoms with Gasteiger partial charge in [0.15, 0.2) is 0 Å². The molecule has 1 rings (SSSR count). The Labute approximate surface area is 112 Å². The summed E-state index contributed by atoms with van der Waals surface area (Å²) in [5, 5.41) is 3.32. The number of hydrogen-bond donors (Lipinski definition) is 1. The van der Waals surface area contributed by atoms with Gasteiger partial charge in [-0.05, 0) is 37.8 Å². The number of thioether (sulfide) groups is 1. The number of rotatable bonds is 7. The van der Waals surface area contributed by atoms with Crippen LogP contribution in [0, 0.1) is 5.92 Å². The molecular weight excluding hydrogens is 252 g/mol. The Balaban J connectivity index is 2.60. The molecule has 0 saturated heterocycles. The second kappa shape index (κ2) is 7.62. The minimum Gasteiger partial charge on any atom is -0.382 e. The summed E-state index contributed by atoms with van der Waals surface area (Å²) in [4.78, 5) is 0.615. The van der Waals surface area contributed by atoms with E-state index in [0.29, 0.717) is 28.6 Å². The molecule has 0 aromatic heterocycles. The normalized spacial score (nSPS) is 13.1. The predicted molar refractivity (Wildman–Crippen MR) is 75.5 cm³/mol. The molecule has 0 fully saturated rings. The maximum atomic E-state index is 12.4. The summed E-state index contributed by atoms with van der Waals surface area (Å²) < 4.78 is 24.9. The van der Waals surface area contributed by atoms with Gasteiger partial charge in [-0.15, -0.1) is 0 Å². The van der Waals surface area contributed by atoms with Gasteiger partial charge in [0.2, 0.25) is 0 Å². The van der Waals surface area contributed by atoms with Crippen LogP contribution >= 0.6 is 11.8 Å². The zero-order valence-corrected chi connectivity index (χ0v) is 11.9. The highest BCUT2D eigenvalue weighted by Crippen LogP contribution is 2.32. The average Bonchev–Trinajstić information content (AvgIpc) is 2.28. The summed E-state index contributed by atoms with van der Waals surface area (Å²) >= 11 is 0.596. The lowest BCUT2D eigenvalue weighted by Gasteiger charge is -2.18. The summed E-state index contributed by atoms with van der Waals surface area (Å²) in [5.74, 6) is -1.71. The summed E-state index contributed by atoms with van der Waals surface area (Å²) in [5.41, 5.74) is 0.805. The van der Waals surface area contributed by atoms with Crippen molar-refractivity contribution in [2.45, 2.75) is 50.3 Å². The third-order valence-electron chi connectivity index (χ3n) is 2.68. The largest absolute Gasteiger partial charge is 0.382 e. The maximum absolute atomic E-state index is 12.4. The van der Waals surface area contributed by atoms with E-state index in [1.54, 1.807) is 12.1 Å². The third-order valence-corrected chi connectivity index (χ3v) is 3.47. The van der Waals surface area contributed by atoms with Crippen LogP contribution in [-0.4, -0.2) is 11.8 Å². The standard InChI is InChI=1S/C14H21F2NS/c1-10(2)8-9-11(3)17-12-6-4-5-7-13(12)18-14(15)16/h4-7,10-11,14,17H,8-9H2,1-3H3. The van der Waals surface area contributed by atoms with Crippen LogP contribution in [0.5, 0.6) is 0 Å². The quantitative estimate of drug-likeness (QED) is 0.682. The van der Waals surface area contributed by atoms with Crippen LogP contribution in [0.3, 0.4) is 0 Å². The maximum Gasteiger partial charge on any atom is 0.288 e. The van der Waals surface area contributed by atoms with Gasteiger partial charge >= 0.3 is 0 Å². The van der Waals surface area contributed by atoms with Crippen molar-refractivity contribution in [3.05, 3.63) is 24.3 Å². The lowest BCUT2D eigenvalue weighted by atomic mass is 10.0. The van der Waals surface area contributed by atoms with Crippen LogP contribution in [0.15, 0.2) is 29.2 Å². The highest BCUT2D eigenvalue weighted by molar-refractivity contribution is 7.99. The topological polar surface area (TPSA) is 12.0 Å². The Hall–Kier alpha value is -0.770. The molecule has 102 valence electrons. The van der Waals surface area contributed by atoms with Crippen LogP contribution < -0.4 is 5.32 Å². The van der Waals surface area contributed by atoms with Gasteiger partial charge in [-0.1, -0.05) is 37.7 Å². The number of anilines is 1. The van der Waals surface area contributed by atoms with Gasteiger partial charge in [0.1, 0.15) is 0 Å². The number of para-hydroxylation sites is 1. The van der Waals surface area contributed by atoms with Crippen molar-refractivity contribution in [1.82, 2.24) is 0 Å². The minimum atomic E-state index is -2.38. The van der Waals surface area contributed by atoms with Gasteiger partial charge < -0.3 is 5.32 Å². The first-order valence-corrected chi connectivity index (χ1v) is 7.17. The van der Waals surface area contributed by atoms with E-state index >= 15 is 0 Å². The number of hydrogen-bond acceptors (Lipinski definition) is 2. The van der Waals surface area contributed by atoms with Gasteiger partial charge in [0, 0.05) is 16.6 Å². The highest BCUT2D eigenvalue weighted by atomic mass is 32.2. The van der Waals surface area contributed by atoms with Gasteiger partial charge in [-0.3, -0.25) is 0 Å². The fourth-order valence-electron chi connectivity index (χ4n) is 1.71. The first-order chi connectivity index (χ1) is 8.49. The molecule has 0 bridgehead atoms. The molecule has 0 heterocycles. The van der Waals surface area contributed by atoms with Crippen LogP contribution in [-0.2, 0) is 0 Å². The smallest absolute Gasteiger partial charge is 0.288 e. The summed E-state index contributed by atoms with van der Waals surface area (Å²) in [6.07, 6.45) is 2.18. The molecule has 18 heavy (non-hydrogen) atoms. The molecule has 0 saturated carbocycles. The SMILES string of the molecule is CC(C)CCC(C)Nc1ccccc1SC(F)F. The van der Waals surface area contributed by atoms with E-state index in [1.165, 1.54) is 0 Å². The van der Waals surface area contributed by atoms with E-state index in [1.807, 2.05) is 12.1 Å². The van der Waals surface area contributed by atoms with Crippen LogP contribution in [0.1, 0.15) is 33.6 Å².